The summed E-state index contributed by atoms with van der Waals surface area (Å²) in [6.45, 7) is 0. The SMILES string of the molecule is C.C.COC(=O)c1ccn(C2CC2)n1.COC(=O)c1ccn[nH]1.COC(=O)c1ccnn1C1CC1.O[B]OC1CC1. The summed E-state index contributed by atoms with van der Waals surface area (Å²) in [6, 6.07) is 5.86. The fraction of sp³-hybridized carbons (Fsp3) is 0.538. The van der Waals surface area contributed by atoms with Crippen LogP contribution in [0, 0.1) is 0 Å². The van der Waals surface area contributed by atoms with Crippen molar-refractivity contribution in [1.82, 2.24) is 29.8 Å². The minimum atomic E-state index is -0.396. The Labute approximate surface area is 240 Å². The number of carbonyl (C=O) groups excluding carboxylic acids is 3. The van der Waals surface area contributed by atoms with Crippen molar-refractivity contribution in [3.05, 3.63) is 53.9 Å². The fourth-order valence-electron chi connectivity index (χ4n) is 3.05. The van der Waals surface area contributed by atoms with Gasteiger partial charge in [-0.05, 0) is 56.7 Å². The van der Waals surface area contributed by atoms with Gasteiger partial charge < -0.3 is 23.9 Å². The second kappa shape index (κ2) is 17.7. The number of ether oxygens (including phenoxy) is 3. The molecule has 3 heterocycles. The number of nitrogens with zero attached hydrogens (tertiary/aromatic N) is 5. The van der Waals surface area contributed by atoms with Gasteiger partial charge in [0, 0.05) is 24.7 Å². The van der Waals surface area contributed by atoms with Crippen LogP contribution in [0.2, 0.25) is 0 Å². The summed E-state index contributed by atoms with van der Waals surface area (Å²) < 4.78 is 21.7. The molecule has 3 aliphatic rings. The molecule has 3 fully saturated rings. The first kappa shape index (κ1) is 35.1. The molecule has 0 saturated heterocycles. The van der Waals surface area contributed by atoms with E-state index in [4.69, 9.17) is 5.02 Å². The zero-order valence-corrected chi connectivity index (χ0v) is 22.1. The van der Waals surface area contributed by atoms with E-state index in [2.05, 4.69) is 39.3 Å². The van der Waals surface area contributed by atoms with Crippen molar-refractivity contribution in [2.24, 2.45) is 0 Å². The van der Waals surface area contributed by atoms with Gasteiger partial charge >= 0.3 is 25.6 Å². The molecule has 3 saturated carbocycles. The molecule has 0 amide bonds. The van der Waals surface area contributed by atoms with E-state index in [9.17, 15) is 14.4 Å². The highest BCUT2D eigenvalue weighted by atomic mass is 16.5. The summed E-state index contributed by atoms with van der Waals surface area (Å²) in [4.78, 5) is 32.7. The summed E-state index contributed by atoms with van der Waals surface area (Å²) in [6.07, 6.45) is 12.1. The van der Waals surface area contributed by atoms with Gasteiger partial charge in [0.2, 0.25) is 0 Å². The average molecular weight is 575 g/mol. The molecule has 15 heteroatoms. The van der Waals surface area contributed by atoms with E-state index in [0.29, 0.717) is 35.3 Å². The lowest BCUT2D eigenvalue weighted by molar-refractivity contribution is 0.0579. The first-order valence-electron chi connectivity index (χ1n) is 12.4. The number of carbonyl (C=O) groups is 3. The molecule has 3 aromatic rings. The Hall–Kier alpha value is -3.98. The topological polar surface area (TPSA) is 173 Å². The van der Waals surface area contributed by atoms with Crippen molar-refractivity contribution in [2.75, 3.05) is 21.3 Å². The highest BCUT2D eigenvalue weighted by molar-refractivity contribution is 6.16. The number of nitrogens with one attached hydrogen (secondary N) is 1. The first-order valence-corrected chi connectivity index (χ1v) is 12.4. The van der Waals surface area contributed by atoms with Crippen LogP contribution in [0.15, 0.2) is 36.8 Å². The maximum Gasteiger partial charge on any atom is 0.485 e. The number of hydrogen-bond donors (Lipinski definition) is 2. The lowest BCUT2D eigenvalue weighted by atomic mass is 10.4. The summed E-state index contributed by atoms with van der Waals surface area (Å²) in [5.74, 6) is -1.07. The molecule has 0 aliphatic heterocycles. The molecule has 41 heavy (non-hydrogen) atoms. The van der Waals surface area contributed by atoms with E-state index >= 15 is 0 Å². The molecule has 0 bridgehead atoms. The van der Waals surface area contributed by atoms with E-state index in [-0.39, 0.29) is 26.8 Å². The minimum absolute atomic E-state index is 0. The molecule has 2 N–H and O–H groups in total. The zero-order valence-electron chi connectivity index (χ0n) is 22.1. The highest BCUT2D eigenvalue weighted by Crippen LogP contribution is 2.35. The van der Waals surface area contributed by atoms with Gasteiger partial charge in [-0.25, -0.2) is 14.4 Å². The normalized spacial score (nSPS) is 14.4. The van der Waals surface area contributed by atoms with Gasteiger partial charge in [0.15, 0.2) is 5.69 Å². The molecule has 3 aliphatic carbocycles. The van der Waals surface area contributed by atoms with Crippen molar-refractivity contribution in [3.8, 4) is 0 Å². The van der Waals surface area contributed by atoms with Gasteiger partial charge in [-0.1, -0.05) is 14.9 Å². The quantitative estimate of drug-likeness (QED) is 0.241. The van der Waals surface area contributed by atoms with Crippen LogP contribution < -0.4 is 0 Å². The number of methoxy groups -OCH3 is 3. The summed E-state index contributed by atoms with van der Waals surface area (Å²) in [7, 11) is 4.83. The third-order valence-corrected chi connectivity index (χ3v) is 5.57. The molecule has 1 radical (unpaired) electrons. The van der Waals surface area contributed by atoms with Crippen LogP contribution in [0.1, 0.15) is 96.9 Å². The lowest BCUT2D eigenvalue weighted by Crippen LogP contribution is -2.10. The highest BCUT2D eigenvalue weighted by Gasteiger charge is 2.28. The van der Waals surface area contributed by atoms with Crippen LogP contribution in [-0.2, 0) is 18.9 Å². The van der Waals surface area contributed by atoms with Crippen LogP contribution in [-0.4, -0.2) is 87.8 Å². The number of H-pyrrole nitrogens is 1. The van der Waals surface area contributed by atoms with Crippen LogP contribution in [0.5, 0.6) is 0 Å². The predicted molar refractivity (Wildman–Crippen MR) is 149 cm³/mol. The Kier molecular flexibility index (Phi) is 15.1. The smallest absolute Gasteiger partial charge is 0.464 e. The van der Waals surface area contributed by atoms with E-state index in [1.165, 1.54) is 40.4 Å². The number of rotatable bonds is 7. The van der Waals surface area contributed by atoms with E-state index < -0.39 is 5.97 Å². The van der Waals surface area contributed by atoms with Crippen LogP contribution in [0.3, 0.4) is 0 Å². The standard InChI is InChI=1S/2C8H10N2O2.C5H6N2O2.C3H6BO2.2CH4/c1-12-8(11)7-4-5-10(9-7)6-2-3-6;1-12-8(11)7-4-5-9-10(7)6-2-3-6;1-9-5(8)4-2-3-6-7-4;5-4-6-3-1-2-3;;/h2*4-6H,2-3H2,1H3;2-3H,1H3,(H,6,7);3,5H,1-2H2;2*1H4. The molecule has 0 spiro atoms. The number of hydrogen-bond acceptors (Lipinski definition) is 11. The van der Waals surface area contributed by atoms with Gasteiger partial charge in [0.25, 0.3) is 0 Å². The van der Waals surface area contributed by atoms with E-state index in [0.717, 1.165) is 33.4 Å². The fourth-order valence-corrected chi connectivity index (χ4v) is 3.05. The molecule has 3 aromatic heterocycles. The first-order chi connectivity index (χ1) is 18.9. The molecular formula is C26H40BN6O8. The third-order valence-electron chi connectivity index (χ3n) is 5.57. The van der Waals surface area contributed by atoms with Gasteiger partial charge in [-0.2, -0.15) is 15.3 Å². The summed E-state index contributed by atoms with van der Waals surface area (Å²) in [5.41, 5.74) is 1.32. The second-order valence-electron chi connectivity index (χ2n) is 8.69. The van der Waals surface area contributed by atoms with Gasteiger partial charge in [0.05, 0.1) is 33.4 Å². The van der Waals surface area contributed by atoms with E-state index in [1.54, 1.807) is 29.1 Å². The number of aromatic amines is 1. The van der Waals surface area contributed by atoms with Crippen LogP contribution in [0.25, 0.3) is 0 Å². The van der Waals surface area contributed by atoms with Gasteiger partial charge in [-0.3, -0.25) is 14.5 Å². The zero-order chi connectivity index (χ0) is 28.2. The van der Waals surface area contributed by atoms with Gasteiger partial charge in [-0.15, -0.1) is 0 Å². The molecule has 0 unspecified atom stereocenters. The van der Waals surface area contributed by atoms with Crippen molar-refractivity contribution in [3.63, 3.8) is 0 Å². The minimum Gasteiger partial charge on any atom is -0.464 e. The molecule has 14 nitrogen and oxygen atoms in total. The predicted octanol–water partition coefficient (Wildman–Crippen LogP) is 3.17. The Balaban J connectivity index is 0.000000277. The maximum atomic E-state index is 11.1. The average Bonchev–Trinajstić information content (AvgIpc) is 3.96. The molecule has 6 rings (SSSR count). The number of aromatic nitrogens is 6. The third kappa shape index (κ3) is 11.6. The Morgan fingerprint density at radius 1 is 0.878 bits per heavy atom. The summed E-state index contributed by atoms with van der Waals surface area (Å²) in [5, 5.41) is 22.1. The van der Waals surface area contributed by atoms with Crippen molar-refractivity contribution in [1.29, 1.82) is 0 Å². The maximum absolute atomic E-state index is 11.1. The second-order valence-corrected chi connectivity index (χ2v) is 8.69. The molecule has 0 atom stereocenters. The van der Waals surface area contributed by atoms with Gasteiger partial charge in [0.1, 0.15) is 11.4 Å². The molecule has 225 valence electrons. The van der Waals surface area contributed by atoms with Crippen molar-refractivity contribution in [2.45, 2.75) is 71.6 Å². The van der Waals surface area contributed by atoms with Crippen LogP contribution in [0.4, 0.5) is 0 Å². The largest absolute Gasteiger partial charge is 0.485 e. The Bertz CT molecular complexity index is 1190. The van der Waals surface area contributed by atoms with E-state index in [1.807, 2.05) is 10.9 Å². The molecule has 0 aromatic carbocycles. The Morgan fingerprint density at radius 2 is 1.51 bits per heavy atom. The summed E-state index contributed by atoms with van der Waals surface area (Å²) >= 11 is 0. The number of esters is 3. The van der Waals surface area contributed by atoms with Crippen molar-refractivity contribution >= 4 is 25.6 Å². The lowest BCUT2D eigenvalue weighted by Gasteiger charge is -2.02. The van der Waals surface area contributed by atoms with Crippen molar-refractivity contribution < 1.29 is 38.3 Å². The van der Waals surface area contributed by atoms with Crippen LogP contribution >= 0.6 is 0 Å². The Morgan fingerprint density at radius 3 is 1.98 bits per heavy atom. The molecular weight excluding hydrogens is 535 g/mol. The monoisotopic (exact) mass is 575 g/mol.